The molecule has 0 saturated heterocycles. The number of ether oxygens (including phenoxy) is 1. The number of nitrogens with two attached hydrogens (primary N) is 1. The van der Waals surface area contributed by atoms with Gasteiger partial charge in [0.25, 0.3) is 5.91 Å². The summed E-state index contributed by atoms with van der Waals surface area (Å²) in [5.74, 6) is -0.345. The maximum Gasteiger partial charge on any atom is 0.267 e. The van der Waals surface area contributed by atoms with E-state index in [-0.39, 0.29) is 5.91 Å². The van der Waals surface area contributed by atoms with Gasteiger partial charge in [0.2, 0.25) is 5.91 Å². The van der Waals surface area contributed by atoms with Crippen molar-refractivity contribution in [1.82, 2.24) is 0 Å². The number of para-hydroxylation sites is 1. The van der Waals surface area contributed by atoms with E-state index in [2.05, 4.69) is 6.07 Å². The minimum Gasteiger partial charge on any atom is -0.479 e. The average Bonchev–Trinajstić information content (AvgIpc) is 2.66. The summed E-state index contributed by atoms with van der Waals surface area (Å²) in [5, 5.41) is 9.16. The normalized spacial score (nSPS) is 14.1. The number of amides is 2. The molecule has 1 heterocycles. The number of hydrogen-bond donors (Lipinski definition) is 1. The van der Waals surface area contributed by atoms with Crippen LogP contribution in [0.1, 0.15) is 34.8 Å². The molecule has 1 aliphatic rings. The number of hydrogen-bond acceptors (Lipinski definition) is 4. The van der Waals surface area contributed by atoms with E-state index in [1.165, 1.54) is 0 Å². The highest BCUT2D eigenvalue weighted by molar-refractivity contribution is 6.01. The molecule has 0 spiro atoms. The van der Waals surface area contributed by atoms with Crippen molar-refractivity contribution in [3.8, 4) is 11.8 Å². The highest BCUT2D eigenvalue weighted by Gasteiger charge is 2.29. The number of nitrogens with zero attached hydrogens (tertiary/aromatic N) is 2. The van der Waals surface area contributed by atoms with E-state index in [0.29, 0.717) is 35.5 Å². The van der Waals surface area contributed by atoms with Crippen molar-refractivity contribution >= 4 is 17.5 Å². The summed E-state index contributed by atoms with van der Waals surface area (Å²) in [4.78, 5) is 26.2. The molecular weight excluding hydrogens is 330 g/mol. The van der Waals surface area contributed by atoms with Crippen molar-refractivity contribution in [3.63, 3.8) is 0 Å². The zero-order valence-corrected chi connectivity index (χ0v) is 14.4. The first-order chi connectivity index (χ1) is 12.5. The fourth-order valence-corrected chi connectivity index (χ4v) is 3.21. The molecule has 0 radical (unpaired) electrons. The second-order valence-corrected chi connectivity index (χ2v) is 6.13. The van der Waals surface area contributed by atoms with Crippen molar-refractivity contribution in [1.29, 1.82) is 5.26 Å². The monoisotopic (exact) mass is 349 g/mol. The van der Waals surface area contributed by atoms with Crippen molar-refractivity contribution in [2.45, 2.75) is 25.9 Å². The van der Waals surface area contributed by atoms with Gasteiger partial charge in [-0.25, -0.2) is 0 Å². The molecule has 0 unspecified atom stereocenters. The zero-order valence-electron chi connectivity index (χ0n) is 14.4. The van der Waals surface area contributed by atoms with Gasteiger partial charge in [0.15, 0.2) is 6.10 Å². The standard InChI is InChI=1S/C20H19N3O3/c1-13(26-18-10-3-2-6-14(18)12-21)20(25)23-11-5-8-15-16(19(22)24)7-4-9-17(15)23/h2-4,6-7,9-10,13H,5,8,11H2,1H3,(H2,22,24)/t13-/m1/s1. The molecule has 1 aliphatic heterocycles. The van der Waals surface area contributed by atoms with Crippen molar-refractivity contribution in [3.05, 3.63) is 59.2 Å². The summed E-state index contributed by atoms with van der Waals surface area (Å²) in [6.45, 7) is 2.20. The lowest BCUT2D eigenvalue weighted by Gasteiger charge is -2.32. The van der Waals surface area contributed by atoms with Crippen LogP contribution in [0.3, 0.4) is 0 Å². The number of benzene rings is 2. The molecule has 2 aromatic rings. The van der Waals surface area contributed by atoms with E-state index < -0.39 is 12.0 Å². The predicted octanol–water partition coefficient (Wildman–Crippen LogP) is 2.40. The molecule has 132 valence electrons. The Bertz CT molecular complexity index is 901. The van der Waals surface area contributed by atoms with E-state index in [1.807, 2.05) is 6.07 Å². The Balaban J connectivity index is 1.87. The average molecular weight is 349 g/mol. The van der Waals surface area contributed by atoms with Gasteiger partial charge in [-0.3, -0.25) is 9.59 Å². The summed E-state index contributed by atoms with van der Waals surface area (Å²) in [7, 11) is 0. The lowest BCUT2D eigenvalue weighted by molar-refractivity contribution is -0.124. The molecule has 0 bridgehead atoms. The van der Waals surface area contributed by atoms with E-state index in [4.69, 9.17) is 15.7 Å². The van der Waals surface area contributed by atoms with Gasteiger partial charge in [0.1, 0.15) is 11.8 Å². The molecule has 0 saturated carbocycles. The summed E-state index contributed by atoms with van der Waals surface area (Å²) in [6, 6.07) is 14.1. The lowest BCUT2D eigenvalue weighted by Crippen LogP contribution is -2.43. The van der Waals surface area contributed by atoms with Crippen LogP contribution in [0.5, 0.6) is 5.75 Å². The highest BCUT2D eigenvalue weighted by Crippen LogP contribution is 2.31. The van der Waals surface area contributed by atoms with Crippen LogP contribution in [0, 0.1) is 11.3 Å². The van der Waals surface area contributed by atoms with Gasteiger partial charge in [0, 0.05) is 17.8 Å². The zero-order chi connectivity index (χ0) is 18.7. The second kappa shape index (κ2) is 7.28. The summed E-state index contributed by atoms with van der Waals surface area (Å²) in [6.07, 6.45) is 0.669. The van der Waals surface area contributed by atoms with Crippen molar-refractivity contribution in [2.75, 3.05) is 11.4 Å². The first kappa shape index (κ1) is 17.5. The molecule has 2 N–H and O–H groups in total. The highest BCUT2D eigenvalue weighted by atomic mass is 16.5. The van der Waals surface area contributed by atoms with Crippen LogP contribution < -0.4 is 15.4 Å². The molecule has 0 aromatic heterocycles. The Morgan fingerprint density at radius 1 is 1.23 bits per heavy atom. The number of carbonyl (C=O) groups excluding carboxylic acids is 2. The number of nitriles is 1. The van der Waals surface area contributed by atoms with Crippen molar-refractivity contribution in [2.24, 2.45) is 5.73 Å². The molecular formula is C20H19N3O3. The smallest absolute Gasteiger partial charge is 0.267 e. The van der Waals surface area contributed by atoms with Crippen LogP contribution in [-0.2, 0) is 11.2 Å². The quantitative estimate of drug-likeness (QED) is 0.916. The molecule has 3 rings (SSSR count). The molecule has 6 nitrogen and oxygen atoms in total. The van der Waals surface area contributed by atoms with Gasteiger partial charge in [-0.05, 0) is 49.6 Å². The van der Waals surface area contributed by atoms with Crippen LogP contribution in [0.4, 0.5) is 5.69 Å². The van der Waals surface area contributed by atoms with Crippen LogP contribution in [-0.4, -0.2) is 24.5 Å². The van der Waals surface area contributed by atoms with Gasteiger partial charge < -0.3 is 15.4 Å². The molecule has 2 aromatic carbocycles. The number of carbonyl (C=O) groups is 2. The Morgan fingerprint density at radius 2 is 2.00 bits per heavy atom. The third-order valence-electron chi connectivity index (χ3n) is 4.44. The Kier molecular flexibility index (Phi) is 4.90. The van der Waals surface area contributed by atoms with E-state index >= 15 is 0 Å². The maximum absolute atomic E-state index is 12.9. The van der Waals surface area contributed by atoms with Crippen LogP contribution in [0.15, 0.2) is 42.5 Å². The van der Waals surface area contributed by atoms with Crippen LogP contribution in [0.25, 0.3) is 0 Å². The van der Waals surface area contributed by atoms with Crippen molar-refractivity contribution < 1.29 is 14.3 Å². The van der Waals surface area contributed by atoms with E-state index in [0.717, 1.165) is 12.0 Å². The maximum atomic E-state index is 12.9. The molecule has 1 atom stereocenters. The van der Waals surface area contributed by atoms with Crippen LogP contribution in [0.2, 0.25) is 0 Å². The Labute approximate surface area is 151 Å². The Morgan fingerprint density at radius 3 is 2.73 bits per heavy atom. The van der Waals surface area contributed by atoms with E-state index in [1.54, 1.807) is 48.2 Å². The minimum atomic E-state index is -0.771. The number of primary amides is 1. The lowest BCUT2D eigenvalue weighted by atomic mass is 9.95. The SMILES string of the molecule is C[C@@H](Oc1ccccc1C#N)C(=O)N1CCCc2c(C(N)=O)cccc21. The van der Waals surface area contributed by atoms with Gasteiger partial charge in [-0.15, -0.1) is 0 Å². The Hall–Kier alpha value is -3.33. The van der Waals surface area contributed by atoms with Gasteiger partial charge in [-0.2, -0.15) is 5.26 Å². The molecule has 2 amide bonds. The molecule has 6 heteroatoms. The summed E-state index contributed by atoms with van der Waals surface area (Å²) in [5.41, 5.74) is 7.77. The first-order valence-corrected chi connectivity index (χ1v) is 8.41. The van der Waals surface area contributed by atoms with Gasteiger partial charge in [-0.1, -0.05) is 18.2 Å². The largest absolute Gasteiger partial charge is 0.479 e. The fraction of sp³-hybridized carbons (Fsp3) is 0.250. The van der Waals surface area contributed by atoms with Gasteiger partial charge >= 0.3 is 0 Å². The van der Waals surface area contributed by atoms with Gasteiger partial charge in [0.05, 0.1) is 5.56 Å². The van der Waals surface area contributed by atoms with Crippen LogP contribution >= 0.6 is 0 Å². The third-order valence-corrected chi connectivity index (χ3v) is 4.44. The summed E-state index contributed by atoms with van der Waals surface area (Å²) < 4.78 is 5.74. The number of fused-ring (bicyclic) bond motifs is 1. The third kappa shape index (κ3) is 3.24. The topological polar surface area (TPSA) is 96.4 Å². The summed E-state index contributed by atoms with van der Waals surface area (Å²) >= 11 is 0. The second-order valence-electron chi connectivity index (χ2n) is 6.13. The minimum absolute atomic E-state index is 0.222. The number of anilines is 1. The fourth-order valence-electron chi connectivity index (χ4n) is 3.21. The molecule has 0 fully saturated rings. The number of rotatable bonds is 4. The first-order valence-electron chi connectivity index (χ1n) is 8.41. The predicted molar refractivity (Wildman–Crippen MR) is 96.9 cm³/mol. The van der Waals surface area contributed by atoms with E-state index in [9.17, 15) is 9.59 Å². The molecule has 0 aliphatic carbocycles. The molecule has 26 heavy (non-hydrogen) atoms.